The molecule has 0 aliphatic heterocycles. The highest BCUT2D eigenvalue weighted by molar-refractivity contribution is 8.13. The smallest absolute Gasteiger partial charge is 0.261 e. The van der Waals surface area contributed by atoms with Crippen molar-refractivity contribution in [3.8, 4) is 0 Å². The van der Waals surface area contributed by atoms with Crippen molar-refractivity contribution in [2.24, 2.45) is 0 Å². The molecule has 1 aromatic rings. The summed E-state index contributed by atoms with van der Waals surface area (Å²) < 4.78 is 41.4. The van der Waals surface area contributed by atoms with Crippen LogP contribution in [-0.4, -0.2) is 34.1 Å². The number of halogens is 2. The molecular weight excluding hydrogens is 309 g/mol. The average molecular weight is 324 g/mol. The van der Waals surface area contributed by atoms with Crippen LogP contribution in [0.3, 0.4) is 0 Å². The number of carbonyl (C=O) groups is 1. The highest BCUT2D eigenvalue weighted by atomic mass is 35.7. The largest absolute Gasteiger partial charge is 0.380 e. The molecule has 0 radical (unpaired) electrons. The zero-order chi connectivity index (χ0) is 15.5. The molecule has 0 aromatic heterocycles. The Labute approximate surface area is 121 Å². The topological polar surface area (TPSA) is 72.5 Å². The summed E-state index contributed by atoms with van der Waals surface area (Å²) in [5.41, 5.74) is -0.238. The summed E-state index contributed by atoms with van der Waals surface area (Å²) in [5.74, 6) is -1.54. The van der Waals surface area contributed by atoms with E-state index in [1.807, 2.05) is 0 Å². The number of hydrogen-bond donors (Lipinski definition) is 1. The lowest BCUT2D eigenvalue weighted by atomic mass is 10.1. The van der Waals surface area contributed by atoms with E-state index < -0.39 is 20.8 Å². The van der Waals surface area contributed by atoms with Gasteiger partial charge in [0.05, 0.1) is 16.6 Å². The van der Waals surface area contributed by atoms with Gasteiger partial charge in [-0.2, -0.15) is 0 Å². The molecule has 1 atom stereocenters. The first-order chi connectivity index (χ1) is 9.16. The molecule has 0 saturated heterocycles. The fraction of sp³-hybridized carbons (Fsp3) is 0.417. The van der Waals surface area contributed by atoms with Crippen LogP contribution in [0.15, 0.2) is 17.0 Å². The molecule has 1 unspecified atom stereocenters. The van der Waals surface area contributed by atoms with Crippen LogP contribution in [0, 0.1) is 12.7 Å². The monoisotopic (exact) mass is 323 g/mol. The molecule has 0 bridgehead atoms. The van der Waals surface area contributed by atoms with Crippen LogP contribution in [0.5, 0.6) is 0 Å². The maximum Gasteiger partial charge on any atom is 0.261 e. The van der Waals surface area contributed by atoms with E-state index in [-0.39, 0.29) is 28.7 Å². The van der Waals surface area contributed by atoms with Gasteiger partial charge in [0.1, 0.15) is 5.82 Å². The second-order valence-corrected chi connectivity index (χ2v) is 6.83. The summed E-state index contributed by atoms with van der Waals surface area (Å²) in [6.07, 6.45) is -0.247. The van der Waals surface area contributed by atoms with Crippen molar-refractivity contribution in [2.45, 2.75) is 24.8 Å². The van der Waals surface area contributed by atoms with Crippen LogP contribution in [0.1, 0.15) is 22.8 Å². The van der Waals surface area contributed by atoms with Crippen LogP contribution < -0.4 is 5.32 Å². The van der Waals surface area contributed by atoms with Crippen LogP contribution in [0.25, 0.3) is 0 Å². The number of nitrogens with one attached hydrogen (secondary N) is 1. The lowest BCUT2D eigenvalue weighted by Gasteiger charge is -2.12. The molecular formula is C12H15ClFNO4S. The predicted molar refractivity (Wildman–Crippen MR) is 73.0 cm³/mol. The number of benzene rings is 1. The van der Waals surface area contributed by atoms with E-state index in [4.69, 9.17) is 15.4 Å². The molecule has 0 aliphatic rings. The highest BCUT2D eigenvalue weighted by Crippen LogP contribution is 2.23. The molecule has 1 aromatic carbocycles. The van der Waals surface area contributed by atoms with Gasteiger partial charge in [0, 0.05) is 24.3 Å². The summed E-state index contributed by atoms with van der Waals surface area (Å²) in [6, 6.07) is 1.89. The third-order valence-corrected chi connectivity index (χ3v) is 4.19. The van der Waals surface area contributed by atoms with E-state index >= 15 is 0 Å². The SMILES string of the molecule is COC(C)CNC(=O)c1cc(S(=O)(=O)Cl)c(C)cc1F. The summed E-state index contributed by atoms with van der Waals surface area (Å²) in [6.45, 7) is 3.29. The minimum Gasteiger partial charge on any atom is -0.380 e. The van der Waals surface area contributed by atoms with Crippen molar-refractivity contribution in [1.29, 1.82) is 0 Å². The molecule has 5 nitrogen and oxygen atoms in total. The second-order valence-electron chi connectivity index (χ2n) is 4.29. The molecule has 0 saturated carbocycles. The molecule has 0 fully saturated rings. The van der Waals surface area contributed by atoms with E-state index in [0.717, 1.165) is 12.1 Å². The molecule has 0 spiro atoms. The van der Waals surface area contributed by atoms with E-state index in [2.05, 4.69) is 5.32 Å². The van der Waals surface area contributed by atoms with Gasteiger partial charge in [-0.1, -0.05) is 0 Å². The first kappa shape index (κ1) is 16.9. The molecule has 8 heteroatoms. The van der Waals surface area contributed by atoms with Gasteiger partial charge in [-0.25, -0.2) is 12.8 Å². The van der Waals surface area contributed by atoms with Crippen LogP contribution in [0.2, 0.25) is 0 Å². The lowest BCUT2D eigenvalue weighted by Crippen LogP contribution is -2.32. The van der Waals surface area contributed by atoms with Gasteiger partial charge in [0.25, 0.3) is 15.0 Å². The Balaban J connectivity index is 3.10. The Morgan fingerprint density at radius 1 is 1.50 bits per heavy atom. The van der Waals surface area contributed by atoms with E-state index in [0.29, 0.717) is 0 Å². The van der Waals surface area contributed by atoms with Crippen molar-refractivity contribution in [3.05, 3.63) is 29.1 Å². The highest BCUT2D eigenvalue weighted by Gasteiger charge is 2.20. The van der Waals surface area contributed by atoms with Gasteiger partial charge in [0.15, 0.2) is 0 Å². The van der Waals surface area contributed by atoms with Gasteiger partial charge in [-0.15, -0.1) is 0 Å². The summed E-state index contributed by atoms with van der Waals surface area (Å²) in [4.78, 5) is 11.5. The Bertz CT molecular complexity index is 618. The number of aryl methyl sites for hydroxylation is 1. The molecule has 112 valence electrons. The molecule has 1 N–H and O–H groups in total. The number of ether oxygens (including phenoxy) is 1. The average Bonchev–Trinajstić information content (AvgIpc) is 2.33. The zero-order valence-corrected chi connectivity index (χ0v) is 12.8. The Kier molecular flexibility index (Phi) is 5.50. The standard InChI is InChI=1S/C12H15ClFNO4S/c1-7-4-10(14)9(5-11(7)20(13,17)18)12(16)15-6-8(2)19-3/h4-5,8H,6H2,1-3H3,(H,15,16). The third kappa shape index (κ3) is 4.16. The van der Waals surface area contributed by atoms with Gasteiger partial charge in [-0.05, 0) is 31.5 Å². The first-order valence-corrected chi connectivity index (χ1v) is 8.03. The predicted octanol–water partition coefficient (Wildman–Crippen LogP) is 1.83. The fourth-order valence-electron chi connectivity index (χ4n) is 1.50. The number of methoxy groups -OCH3 is 1. The second kappa shape index (κ2) is 6.51. The number of rotatable bonds is 5. The Morgan fingerprint density at radius 3 is 2.60 bits per heavy atom. The molecule has 20 heavy (non-hydrogen) atoms. The van der Waals surface area contributed by atoms with Crippen molar-refractivity contribution in [3.63, 3.8) is 0 Å². The third-order valence-electron chi connectivity index (χ3n) is 2.72. The van der Waals surface area contributed by atoms with Crippen LogP contribution >= 0.6 is 10.7 Å². The number of amides is 1. The number of hydrogen-bond acceptors (Lipinski definition) is 4. The Hall–Kier alpha value is -1.18. The zero-order valence-electron chi connectivity index (χ0n) is 11.2. The van der Waals surface area contributed by atoms with E-state index in [9.17, 15) is 17.6 Å². The minimum atomic E-state index is -4.04. The lowest BCUT2D eigenvalue weighted by molar-refractivity contribution is 0.0866. The molecule has 0 heterocycles. The number of carbonyl (C=O) groups excluding carboxylic acids is 1. The Morgan fingerprint density at radius 2 is 2.10 bits per heavy atom. The van der Waals surface area contributed by atoms with E-state index in [1.54, 1.807) is 6.92 Å². The fourth-order valence-corrected chi connectivity index (χ4v) is 2.71. The van der Waals surface area contributed by atoms with Gasteiger partial charge in [-0.3, -0.25) is 4.79 Å². The molecule has 0 aliphatic carbocycles. The maximum atomic E-state index is 13.7. The van der Waals surface area contributed by atoms with Crippen molar-refractivity contribution in [2.75, 3.05) is 13.7 Å². The van der Waals surface area contributed by atoms with Crippen molar-refractivity contribution in [1.82, 2.24) is 5.32 Å². The van der Waals surface area contributed by atoms with Gasteiger partial charge < -0.3 is 10.1 Å². The van der Waals surface area contributed by atoms with Crippen LogP contribution in [0.4, 0.5) is 4.39 Å². The quantitative estimate of drug-likeness (QED) is 0.839. The molecule has 1 amide bonds. The minimum absolute atomic E-state index is 0.138. The first-order valence-electron chi connectivity index (χ1n) is 5.72. The summed E-state index contributed by atoms with van der Waals surface area (Å²) in [7, 11) is 2.67. The van der Waals surface area contributed by atoms with Gasteiger partial charge >= 0.3 is 0 Å². The summed E-state index contributed by atoms with van der Waals surface area (Å²) in [5, 5.41) is 2.45. The van der Waals surface area contributed by atoms with Crippen molar-refractivity contribution < 1.29 is 22.3 Å². The normalized spacial score (nSPS) is 13.1. The molecule has 1 rings (SSSR count). The van der Waals surface area contributed by atoms with Crippen molar-refractivity contribution >= 4 is 25.6 Å². The van der Waals surface area contributed by atoms with Crippen LogP contribution in [-0.2, 0) is 13.8 Å². The maximum absolute atomic E-state index is 13.7. The van der Waals surface area contributed by atoms with Gasteiger partial charge in [0.2, 0.25) is 0 Å². The summed E-state index contributed by atoms with van der Waals surface area (Å²) >= 11 is 0. The van der Waals surface area contributed by atoms with E-state index in [1.165, 1.54) is 14.0 Å².